The van der Waals surface area contributed by atoms with Crippen molar-refractivity contribution < 1.29 is 4.79 Å². The number of rotatable bonds is 3. The van der Waals surface area contributed by atoms with Crippen molar-refractivity contribution in [1.29, 1.82) is 0 Å². The fourth-order valence-electron chi connectivity index (χ4n) is 1.41. The van der Waals surface area contributed by atoms with E-state index in [1.807, 2.05) is 13.8 Å². The zero-order valence-electron chi connectivity index (χ0n) is 11.0. The zero-order valence-corrected chi connectivity index (χ0v) is 11.0. The van der Waals surface area contributed by atoms with E-state index in [1.54, 1.807) is 7.05 Å². The van der Waals surface area contributed by atoms with Gasteiger partial charge < -0.3 is 5.32 Å². The molecule has 0 aromatic rings. The zero-order chi connectivity index (χ0) is 12.2. The van der Waals surface area contributed by atoms with Crippen LogP contribution in [-0.4, -0.2) is 13.0 Å². The first-order valence-electron chi connectivity index (χ1n) is 5.36. The van der Waals surface area contributed by atoms with Crippen molar-refractivity contribution in [2.24, 2.45) is 5.92 Å². The maximum absolute atomic E-state index is 11.5. The summed E-state index contributed by atoms with van der Waals surface area (Å²) in [7, 11) is 1.68. The molecule has 0 bridgehead atoms. The van der Waals surface area contributed by atoms with Crippen molar-refractivity contribution in [3.63, 3.8) is 0 Å². The Morgan fingerprint density at radius 2 is 1.47 bits per heavy atom. The molecule has 1 unspecified atom stereocenters. The van der Waals surface area contributed by atoms with Gasteiger partial charge in [-0.05, 0) is 52.7 Å². The van der Waals surface area contributed by atoms with Crippen molar-refractivity contribution in [2.45, 2.75) is 41.5 Å². The van der Waals surface area contributed by atoms with Gasteiger partial charge in [-0.3, -0.25) is 4.79 Å². The van der Waals surface area contributed by atoms with Gasteiger partial charge in [-0.25, -0.2) is 0 Å². The summed E-state index contributed by atoms with van der Waals surface area (Å²) in [6.45, 7) is 12.3. The molecule has 15 heavy (non-hydrogen) atoms. The Morgan fingerprint density at radius 1 is 1.00 bits per heavy atom. The Labute approximate surface area is 93.5 Å². The standard InChI is InChI=1S/C13H23NO/c1-8(2)9(3)10(4)11(5)12(6)13(15)14-7/h12H,1-7H3,(H,14,15)/b11-10+. The minimum absolute atomic E-state index is 0.0516. The van der Waals surface area contributed by atoms with Crippen molar-refractivity contribution in [2.75, 3.05) is 7.05 Å². The van der Waals surface area contributed by atoms with E-state index in [0.717, 1.165) is 5.57 Å². The van der Waals surface area contributed by atoms with Gasteiger partial charge in [0.25, 0.3) is 0 Å². The van der Waals surface area contributed by atoms with E-state index in [1.165, 1.54) is 16.7 Å². The molecule has 0 heterocycles. The number of amides is 1. The maximum atomic E-state index is 11.5. The van der Waals surface area contributed by atoms with Crippen molar-refractivity contribution in [1.82, 2.24) is 5.32 Å². The third-order valence-electron chi connectivity index (χ3n) is 3.19. The molecule has 0 aliphatic heterocycles. The minimum Gasteiger partial charge on any atom is -0.359 e. The topological polar surface area (TPSA) is 29.1 Å². The molecule has 86 valence electrons. The van der Waals surface area contributed by atoms with Gasteiger partial charge in [0.2, 0.25) is 5.91 Å². The normalized spacial score (nSPS) is 14.1. The molecule has 2 heteroatoms. The fraction of sp³-hybridized carbons (Fsp3) is 0.615. The summed E-state index contributed by atoms with van der Waals surface area (Å²) in [5, 5.41) is 2.68. The average molecular weight is 209 g/mol. The summed E-state index contributed by atoms with van der Waals surface area (Å²) in [5.74, 6) is 0.0257. The molecule has 0 rings (SSSR count). The Kier molecular flexibility index (Phi) is 5.34. The molecule has 0 aromatic heterocycles. The Bertz CT molecular complexity index is 306. The smallest absolute Gasteiger partial charge is 0.226 e. The number of hydrogen-bond acceptors (Lipinski definition) is 1. The van der Waals surface area contributed by atoms with E-state index in [4.69, 9.17) is 0 Å². The van der Waals surface area contributed by atoms with Crippen LogP contribution in [-0.2, 0) is 4.79 Å². The van der Waals surface area contributed by atoms with E-state index in [0.29, 0.717) is 0 Å². The van der Waals surface area contributed by atoms with E-state index in [-0.39, 0.29) is 11.8 Å². The number of hydrogen-bond donors (Lipinski definition) is 1. The highest BCUT2D eigenvalue weighted by molar-refractivity contribution is 5.81. The monoisotopic (exact) mass is 209 g/mol. The second-order valence-electron chi connectivity index (χ2n) is 4.27. The van der Waals surface area contributed by atoms with Crippen LogP contribution in [0.1, 0.15) is 41.5 Å². The van der Waals surface area contributed by atoms with E-state index in [2.05, 4.69) is 33.0 Å². The number of allylic oxidation sites excluding steroid dienone is 3. The third kappa shape index (κ3) is 3.54. The molecule has 0 spiro atoms. The van der Waals surface area contributed by atoms with Gasteiger partial charge in [-0.15, -0.1) is 0 Å². The van der Waals surface area contributed by atoms with Crippen molar-refractivity contribution in [3.8, 4) is 0 Å². The minimum atomic E-state index is -0.0516. The Balaban J connectivity index is 5.12. The van der Waals surface area contributed by atoms with Crippen molar-refractivity contribution >= 4 is 5.91 Å². The largest absolute Gasteiger partial charge is 0.359 e. The SMILES string of the molecule is CNC(=O)C(C)/C(C)=C(\C)C(C)=C(C)C. The Morgan fingerprint density at radius 3 is 1.80 bits per heavy atom. The second-order valence-corrected chi connectivity index (χ2v) is 4.27. The molecular formula is C13H23NO. The number of nitrogens with one attached hydrogen (secondary N) is 1. The molecule has 2 nitrogen and oxygen atoms in total. The lowest BCUT2D eigenvalue weighted by Crippen LogP contribution is -2.26. The van der Waals surface area contributed by atoms with Gasteiger partial charge in [0.1, 0.15) is 0 Å². The molecule has 1 N–H and O–H groups in total. The van der Waals surface area contributed by atoms with Crippen LogP contribution in [0.4, 0.5) is 0 Å². The summed E-state index contributed by atoms with van der Waals surface area (Å²) in [5.41, 5.74) is 4.96. The first kappa shape index (κ1) is 13.9. The van der Waals surface area contributed by atoms with Crippen LogP contribution < -0.4 is 5.32 Å². The summed E-state index contributed by atoms with van der Waals surface area (Å²) in [6.07, 6.45) is 0. The van der Waals surface area contributed by atoms with E-state index >= 15 is 0 Å². The van der Waals surface area contributed by atoms with E-state index in [9.17, 15) is 4.79 Å². The van der Waals surface area contributed by atoms with Crippen LogP contribution in [0.3, 0.4) is 0 Å². The van der Waals surface area contributed by atoms with Crippen LogP contribution in [0, 0.1) is 5.92 Å². The van der Waals surface area contributed by atoms with Gasteiger partial charge in [0, 0.05) is 7.05 Å². The predicted octanol–water partition coefficient (Wildman–Crippen LogP) is 3.06. The summed E-state index contributed by atoms with van der Waals surface area (Å²) in [4.78, 5) is 11.5. The molecule has 0 saturated carbocycles. The molecule has 0 aliphatic carbocycles. The summed E-state index contributed by atoms with van der Waals surface area (Å²) < 4.78 is 0. The van der Waals surface area contributed by atoms with Gasteiger partial charge in [-0.2, -0.15) is 0 Å². The van der Waals surface area contributed by atoms with Gasteiger partial charge in [-0.1, -0.05) is 11.1 Å². The molecule has 0 fully saturated rings. The summed E-state index contributed by atoms with van der Waals surface area (Å²) >= 11 is 0. The quantitative estimate of drug-likeness (QED) is 0.711. The van der Waals surface area contributed by atoms with Crippen LogP contribution in [0.5, 0.6) is 0 Å². The Hall–Kier alpha value is -1.05. The maximum Gasteiger partial charge on any atom is 0.226 e. The number of carbonyl (C=O) groups is 1. The van der Waals surface area contributed by atoms with Crippen LogP contribution >= 0.6 is 0 Å². The molecule has 0 radical (unpaired) electrons. The lowest BCUT2D eigenvalue weighted by Gasteiger charge is -2.15. The highest BCUT2D eigenvalue weighted by Gasteiger charge is 2.15. The summed E-state index contributed by atoms with van der Waals surface area (Å²) in [6, 6.07) is 0. The van der Waals surface area contributed by atoms with E-state index < -0.39 is 0 Å². The molecular weight excluding hydrogens is 186 g/mol. The van der Waals surface area contributed by atoms with Crippen LogP contribution in [0.25, 0.3) is 0 Å². The second kappa shape index (κ2) is 5.74. The predicted molar refractivity (Wildman–Crippen MR) is 65.7 cm³/mol. The highest BCUT2D eigenvalue weighted by Crippen LogP contribution is 2.22. The number of carbonyl (C=O) groups excluding carboxylic acids is 1. The van der Waals surface area contributed by atoms with Crippen LogP contribution in [0.2, 0.25) is 0 Å². The molecule has 0 aromatic carbocycles. The molecule has 0 aliphatic rings. The lowest BCUT2D eigenvalue weighted by atomic mass is 9.92. The fourth-order valence-corrected chi connectivity index (χ4v) is 1.41. The van der Waals surface area contributed by atoms with Gasteiger partial charge >= 0.3 is 0 Å². The lowest BCUT2D eigenvalue weighted by molar-refractivity contribution is -0.122. The molecule has 1 amide bonds. The first-order chi connectivity index (χ1) is 6.82. The third-order valence-corrected chi connectivity index (χ3v) is 3.19. The van der Waals surface area contributed by atoms with Gasteiger partial charge in [0.05, 0.1) is 5.92 Å². The van der Waals surface area contributed by atoms with Crippen molar-refractivity contribution in [3.05, 3.63) is 22.3 Å². The first-order valence-corrected chi connectivity index (χ1v) is 5.36. The molecule has 1 atom stereocenters. The highest BCUT2D eigenvalue weighted by atomic mass is 16.1. The van der Waals surface area contributed by atoms with Crippen LogP contribution in [0.15, 0.2) is 22.3 Å². The molecule has 0 saturated heterocycles. The average Bonchev–Trinajstić information content (AvgIpc) is 2.23. The van der Waals surface area contributed by atoms with Gasteiger partial charge in [0.15, 0.2) is 0 Å².